The van der Waals surface area contributed by atoms with Crippen molar-refractivity contribution in [1.82, 2.24) is 15.2 Å². The first-order chi connectivity index (χ1) is 13.5. The molecule has 0 fully saturated rings. The molecule has 0 atom stereocenters. The molecule has 28 heavy (non-hydrogen) atoms. The van der Waals surface area contributed by atoms with Gasteiger partial charge in [0.1, 0.15) is 5.82 Å². The highest BCUT2D eigenvalue weighted by Gasteiger charge is 2.20. The number of carbonyl (C=O) groups excluding carboxylic acids is 1. The number of sulfone groups is 1. The van der Waals surface area contributed by atoms with Crippen molar-refractivity contribution < 1.29 is 17.9 Å². The summed E-state index contributed by atoms with van der Waals surface area (Å²) in [7, 11) is -3.81. The van der Waals surface area contributed by atoms with Crippen LogP contribution in [0.15, 0.2) is 64.6 Å². The summed E-state index contributed by atoms with van der Waals surface area (Å²) in [4.78, 5) is 16.4. The van der Waals surface area contributed by atoms with Gasteiger partial charge >= 0.3 is 0 Å². The number of ether oxygens (including phenoxy) is 1. The predicted octanol–water partition coefficient (Wildman–Crippen LogP) is 3.07. The molecular weight excluding hydrogens is 380 g/mol. The van der Waals surface area contributed by atoms with Crippen molar-refractivity contribution in [2.75, 3.05) is 11.9 Å². The van der Waals surface area contributed by atoms with E-state index in [1.165, 1.54) is 36.5 Å². The predicted molar refractivity (Wildman–Crippen MR) is 103 cm³/mol. The van der Waals surface area contributed by atoms with Gasteiger partial charge in [-0.15, -0.1) is 5.10 Å². The monoisotopic (exact) mass is 400 g/mol. The van der Waals surface area contributed by atoms with Crippen LogP contribution in [-0.4, -0.2) is 36.1 Å². The van der Waals surface area contributed by atoms with Crippen LogP contribution >= 0.6 is 0 Å². The molecule has 1 amide bonds. The van der Waals surface area contributed by atoms with Gasteiger partial charge in [-0.25, -0.2) is 13.4 Å². The fraction of sp³-hybridized carbons (Fsp3) is 0.211. The minimum Gasteiger partial charge on any atom is -0.477 e. The molecule has 3 aromatic rings. The number of amides is 1. The van der Waals surface area contributed by atoms with Crippen molar-refractivity contribution in [3.63, 3.8) is 0 Å². The van der Waals surface area contributed by atoms with E-state index >= 15 is 0 Å². The van der Waals surface area contributed by atoms with E-state index in [-0.39, 0.29) is 15.5 Å². The quantitative estimate of drug-likeness (QED) is 0.562. The largest absolute Gasteiger partial charge is 0.477 e. The zero-order valence-electron chi connectivity index (χ0n) is 15.3. The number of anilines is 1. The van der Waals surface area contributed by atoms with Gasteiger partial charge in [0.2, 0.25) is 15.7 Å². The molecule has 0 radical (unpaired) electrons. The van der Waals surface area contributed by atoms with Gasteiger partial charge in [-0.05, 0) is 36.8 Å². The topological polar surface area (TPSA) is 114 Å². The van der Waals surface area contributed by atoms with Crippen molar-refractivity contribution >= 4 is 21.6 Å². The fourth-order valence-corrected chi connectivity index (χ4v) is 3.63. The molecule has 0 aliphatic heterocycles. The van der Waals surface area contributed by atoms with Gasteiger partial charge < -0.3 is 10.1 Å². The van der Waals surface area contributed by atoms with Crippen LogP contribution in [0, 0.1) is 0 Å². The SMILES string of the molecule is CCCCOc1cc(NC(=O)c2cccc(S(=O)(=O)c3ccccn3)c2)[nH]n1. The Hall–Kier alpha value is -3.20. The first-order valence-electron chi connectivity index (χ1n) is 8.76. The van der Waals surface area contributed by atoms with Gasteiger partial charge in [0, 0.05) is 17.8 Å². The number of rotatable bonds is 8. The van der Waals surface area contributed by atoms with Crippen molar-refractivity contribution in [3.05, 3.63) is 60.3 Å². The molecule has 2 N–H and O–H groups in total. The Kier molecular flexibility index (Phi) is 6.05. The third kappa shape index (κ3) is 4.55. The van der Waals surface area contributed by atoms with Crippen molar-refractivity contribution in [2.45, 2.75) is 29.7 Å². The molecule has 9 heteroatoms. The molecule has 2 aromatic heterocycles. The van der Waals surface area contributed by atoms with Crippen LogP contribution < -0.4 is 10.1 Å². The lowest BCUT2D eigenvalue weighted by Crippen LogP contribution is -2.13. The van der Waals surface area contributed by atoms with Crippen LogP contribution in [0.3, 0.4) is 0 Å². The summed E-state index contributed by atoms with van der Waals surface area (Å²) < 4.78 is 30.8. The number of unbranched alkanes of at least 4 members (excludes halogenated alkanes) is 1. The summed E-state index contributed by atoms with van der Waals surface area (Å²) in [5.74, 6) is 0.270. The second-order valence-corrected chi connectivity index (χ2v) is 7.87. The Morgan fingerprint density at radius 2 is 2.04 bits per heavy atom. The number of H-pyrrole nitrogens is 1. The van der Waals surface area contributed by atoms with Crippen LogP contribution in [0.2, 0.25) is 0 Å². The molecule has 0 unspecified atom stereocenters. The molecule has 3 rings (SSSR count). The number of aromatic amines is 1. The number of hydrogen-bond acceptors (Lipinski definition) is 6. The van der Waals surface area contributed by atoms with E-state index < -0.39 is 15.7 Å². The summed E-state index contributed by atoms with van der Waals surface area (Å²) in [5, 5.41) is 9.20. The van der Waals surface area contributed by atoms with Gasteiger partial charge in [-0.2, -0.15) is 0 Å². The Balaban J connectivity index is 1.74. The van der Waals surface area contributed by atoms with Gasteiger partial charge in [0.05, 0.1) is 11.5 Å². The second-order valence-electron chi connectivity index (χ2n) is 5.98. The molecular formula is C19H20N4O4S. The summed E-state index contributed by atoms with van der Waals surface area (Å²) in [5.41, 5.74) is 0.194. The number of aromatic nitrogens is 3. The highest BCUT2D eigenvalue weighted by molar-refractivity contribution is 7.91. The highest BCUT2D eigenvalue weighted by Crippen LogP contribution is 2.20. The molecule has 0 spiro atoms. The second kappa shape index (κ2) is 8.66. The molecule has 0 aliphatic rings. The maximum absolute atomic E-state index is 12.7. The highest BCUT2D eigenvalue weighted by atomic mass is 32.2. The zero-order valence-corrected chi connectivity index (χ0v) is 16.1. The lowest BCUT2D eigenvalue weighted by Gasteiger charge is -2.06. The van der Waals surface area contributed by atoms with Crippen molar-refractivity contribution in [1.29, 1.82) is 0 Å². The van der Waals surface area contributed by atoms with Crippen molar-refractivity contribution in [2.24, 2.45) is 0 Å². The minimum absolute atomic E-state index is 0.00736. The van der Waals surface area contributed by atoms with Crippen LogP contribution in [0.4, 0.5) is 5.82 Å². The summed E-state index contributed by atoms with van der Waals surface area (Å²) in [6, 6.07) is 12.0. The Bertz CT molecular complexity index is 1050. The third-order valence-corrected chi connectivity index (χ3v) is 5.54. The number of hydrogen-bond donors (Lipinski definition) is 2. The smallest absolute Gasteiger partial charge is 0.256 e. The van der Waals surface area contributed by atoms with E-state index in [2.05, 4.69) is 27.4 Å². The van der Waals surface area contributed by atoms with E-state index in [1.807, 2.05) is 0 Å². The van der Waals surface area contributed by atoms with E-state index in [9.17, 15) is 13.2 Å². The first kappa shape index (κ1) is 19.6. The molecule has 0 bridgehead atoms. The van der Waals surface area contributed by atoms with E-state index in [1.54, 1.807) is 18.2 Å². The normalized spacial score (nSPS) is 11.2. The maximum Gasteiger partial charge on any atom is 0.256 e. The summed E-state index contributed by atoms with van der Waals surface area (Å²) in [6.07, 6.45) is 3.32. The Morgan fingerprint density at radius 3 is 2.79 bits per heavy atom. The Morgan fingerprint density at radius 1 is 1.18 bits per heavy atom. The van der Waals surface area contributed by atoms with Gasteiger partial charge in [-0.1, -0.05) is 25.5 Å². The average Bonchev–Trinajstić information content (AvgIpc) is 3.16. The number of nitrogens with zero attached hydrogens (tertiary/aromatic N) is 2. The molecule has 0 saturated carbocycles. The van der Waals surface area contributed by atoms with E-state index in [4.69, 9.17) is 4.74 Å². The molecule has 1 aromatic carbocycles. The van der Waals surface area contributed by atoms with Gasteiger partial charge in [0.25, 0.3) is 5.91 Å². The lowest BCUT2D eigenvalue weighted by molar-refractivity contribution is 0.102. The van der Waals surface area contributed by atoms with Crippen molar-refractivity contribution in [3.8, 4) is 5.88 Å². The number of pyridine rings is 1. The maximum atomic E-state index is 12.7. The van der Waals surface area contributed by atoms with E-state index in [0.717, 1.165) is 12.8 Å². The van der Waals surface area contributed by atoms with E-state index in [0.29, 0.717) is 18.3 Å². The molecule has 146 valence electrons. The summed E-state index contributed by atoms with van der Waals surface area (Å²) >= 11 is 0. The average molecular weight is 400 g/mol. The standard InChI is InChI=1S/C19H20N4O4S/c1-2-3-11-27-17-13-16(22-23-17)21-19(24)14-7-6-8-15(12-14)28(25,26)18-9-4-5-10-20-18/h4-10,12-13H,2-3,11H2,1H3,(H2,21,22,23,24). The number of benzene rings is 1. The Labute approximate surface area is 162 Å². The molecule has 8 nitrogen and oxygen atoms in total. The zero-order chi connectivity index (χ0) is 20.0. The first-order valence-corrected chi connectivity index (χ1v) is 10.2. The van der Waals surface area contributed by atoms with Crippen LogP contribution in [0.5, 0.6) is 5.88 Å². The molecule has 0 saturated heterocycles. The van der Waals surface area contributed by atoms with Crippen LogP contribution in [0.25, 0.3) is 0 Å². The molecule has 0 aliphatic carbocycles. The fourth-order valence-electron chi connectivity index (χ4n) is 2.39. The van der Waals surface area contributed by atoms with Gasteiger partial charge in [0.15, 0.2) is 5.03 Å². The molecule has 2 heterocycles. The number of nitrogens with one attached hydrogen (secondary N) is 2. The summed E-state index contributed by atoms with van der Waals surface area (Å²) in [6.45, 7) is 2.60. The minimum atomic E-state index is -3.81. The van der Waals surface area contributed by atoms with Gasteiger partial charge in [-0.3, -0.25) is 9.89 Å². The van der Waals surface area contributed by atoms with Crippen LogP contribution in [-0.2, 0) is 9.84 Å². The number of carbonyl (C=O) groups is 1. The lowest BCUT2D eigenvalue weighted by atomic mass is 10.2. The third-order valence-electron chi connectivity index (χ3n) is 3.87. The van der Waals surface area contributed by atoms with Crippen LogP contribution in [0.1, 0.15) is 30.1 Å².